The number of hydrogen-bond donors (Lipinski definition) is 2. The number of imidazole rings is 1. The van der Waals surface area contributed by atoms with E-state index < -0.39 is 0 Å². The van der Waals surface area contributed by atoms with Crippen LogP contribution in [-0.4, -0.2) is 32.0 Å². The van der Waals surface area contributed by atoms with Crippen molar-refractivity contribution in [3.63, 3.8) is 0 Å². The molecule has 0 saturated heterocycles. The Bertz CT molecular complexity index is 1400. The topological polar surface area (TPSA) is 84.7 Å². The average Bonchev–Trinajstić information content (AvgIpc) is 3.62. The van der Waals surface area contributed by atoms with Gasteiger partial charge in [-0.1, -0.05) is 24.3 Å². The van der Waals surface area contributed by atoms with Gasteiger partial charge in [0.2, 0.25) is 0 Å². The van der Waals surface area contributed by atoms with E-state index in [1.54, 1.807) is 0 Å². The van der Waals surface area contributed by atoms with Crippen LogP contribution >= 0.6 is 0 Å². The first-order valence-electron chi connectivity index (χ1n) is 11.7. The molecule has 0 spiro atoms. The number of aromatic nitrogens is 4. The number of fused-ring (bicyclic) bond motifs is 1. The van der Waals surface area contributed by atoms with E-state index in [9.17, 15) is 4.79 Å². The van der Waals surface area contributed by atoms with Crippen LogP contribution in [0.1, 0.15) is 46.1 Å². The summed E-state index contributed by atoms with van der Waals surface area (Å²) < 4.78 is 2.15. The maximum Gasteiger partial charge on any atom is 0.251 e. The van der Waals surface area contributed by atoms with Gasteiger partial charge in [0.1, 0.15) is 11.6 Å². The second-order valence-electron chi connectivity index (χ2n) is 9.17. The van der Waals surface area contributed by atoms with Crippen LogP contribution < -0.4 is 10.6 Å². The quantitative estimate of drug-likeness (QED) is 0.458. The van der Waals surface area contributed by atoms with Crippen LogP contribution in [0.3, 0.4) is 0 Å². The van der Waals surface area contributed by atoms with Gasteiger partial charge in [0.15, 0.2) is 5.82 Å². The molecule has 2 aromatic heterocycles. The molecule has 1 amide bonds. The van der Waals surface area contributed by atoms with E-state index in [4.69, 9.17) is 9.97 Å². The number of hydrogen-bond acceptors (Lipinski definition) is 5. The van der Waals surface area contributed by atoms with Gasteiger partial charge in [-0.2, -0.15) is 0 Å². The van der Waals surface area contributed by atoms with Crippen molar-refractivity contribution in [3.05, 3.63) is 77.4 Å². The molecule has 34 heavy (non-hydrogen) atoms. The molecule has 0 unspecified atom stereocenters. The van der Waals surface area contributed by atoms with Gasteiger partial charge in [-0.05, 0) is 49.9 Å². The molecule has 2 N–H and O–H groups in total. The largest absolute Gasteiger partial charge is 0.352 e. The van der Waals surface area contributed by atoms with Gasteiger partial charge < -0.3 is 15.2 Å². The first-order chi connectivity index (χ1) is 16.5. The molecule has 6 rings (SSSR count). The van der Waals surface area contributed by atoms with Crippen LogP contribution in [0.5, 0.6) is 0 Å². The van der Waals surface area contributed by atoms with Crippen molar-refractivity contribution >= 4 is 17.4 Å². The van der Waals surface area contributed by atoms with Gasteiger partial charge in [-0.25, -0.2) is 15.0 Å². The zero-order valence-corrected chi connectivity index (χ0v) is 19.3. The standard InChI is InChI=1S/C27H26N6O/c1-16-14-29-25(32-24(16)30-21-9-10-22-20(13-21)11-12-28-27(22)34)18-5-3-17(4-6-18)23-15-33(2)26(31-23)19-7-8-19/h3-6,9-10,13-15,19H,7-8,11-12H2,1-2H3,(H,28,34)(H,29,30,32). The predicted octanol–water partition coefficient (Wildman–Crippen LogP) is 4.76. The Morgan fingerprint density at radius 2 is 1.85 bits per heavy atom. The number of nitrogens with zero attached hydrogens (tertiary/aromatic N) is 4. The summed E-state index contributed by atoms with van der Waals surface area (Å²) in [6, 6.07) is 14.1. The van der Waals surface area contributed by atoms with Gasteiger partial charge in [0.05, 0.1) is 5.69 Å². The van der Waals surface area contributed by atoms with E-state index in [0.29, 0.717) is 18.3 Å². The number of benzene rings is 2. The average molecular weight is 451 g/mol. The molecule has 170 valence electrons. The molecule has 0 radical (unpaired) electrons. The Morgan fingerprint density at radius 1 is 1.06 bits per heavy atom. The molecule has 1 aliphatic heterocycles. The molecule has 1 fully saturated rings. The van der Waals surface area contributed by atoms with Crippen molar-refractivity contribution < 1.29 is 4.79 Å². The zero-order chi connectivity index (χ0) is 23.2. The zero-order valence-electron chi connectivity index (χ0n) is 19.3. The molecule has 1 saturated carbocycles. The maximum atomic E-state index is 12.0. The summed E-state index contributed by atoms with van der Waals surface area (Å²) >= 11 is 0. The molecule has 7 nitrogen and oxygen atoms in total. The van der Waals surface area contributed by atoms with Gasteiger partial charge in [-0.15, -0.1) is 0 Å². The first kappa shape index (κ1) is 20.6. The van der Waals surface area contributed by atoms with E-state index >= 15 is 0 Å². The third-order valence-corrected chi connectivity index (χ3v) is 6.56. The van der Waals surface area contributed by atoms with Crippen LogP contribution in [0.25, 0.3) is 22.6 Å². The minimum atomic E-state index is -0.00813. The highest BCUT2D eigenvalue weighted by Gasteiger charge is 2.28. The van der Waals surface area contributed by atoms with Gasteiger partial charge >= 0.3 is 0 Å². The summed E-state index contributed by atoms with van der Waals surface area (Å²) in [5.41, 5.74) is 6.71. The molecule has 4 aromatic rings. The van der Waals surface area contributed by atoms with Crippen molar-refractivity contribution in [2.75, 3.05) is 11.9 Å². The molecule has 7 heteroatoms. The summed E-state index contributed by atoms with van der Waals surface area (Å²) in [6.45, 7) is 2.65. The number of carbonyl (C=O) groups is 1. The lowest BCUT2D eigenvalue weighted by Gasteiger charge is -2.18. The van der Waals surface area contributed by atoms with Gasteiger partial charge in [-0.3, -0.25) is 4.79 Å². The lowest BCUT2D eigenvalue weighted by Crippen LogP contribution is -2.31. The van der Waals surface area contributed by atoms with Crippen LogP contribution in [0, 0.1) is 6.92 Å². The Kier molecular flexibility index (Phi) is 4.90. The predicted molar refractivity (Wildman–Crippen MR) is 132 cm³/mol. The number of carbonyl (C=O) groups excluding carboxylic acids is 1. The number of amides is 1. The third kappa shape index (κ3) is 3.83. The molecule has 2 aromatic carbocycles. The normalized spacial score (nSPS) is 15.1. The van der Waals surface area contributed by atoms with E-state index in [1.165, 1.54) is 18.7 Å². The molecule has 3 heterocycles. The van der Waals surface area contributed by atoms with E-state index in [1.807, 2.05) is 43.5 Å². The summed E-state index contributed by atoms with van der Waals surface area (Å²) in [5, 5.41) is 6.30. The Morgan fingerprint density at radius 3 is 2.65 bits per heavy atom. The lowest BCUT2D eigenvalue weighted by atomic mass is 10.00. The Balaban J connectivity index is 1.25. The van der Waals surface area contributed by atoms with Crippen LogP contribution in [0.2, 0.25) is 0 Å². The first-order valence-corrected chi connectivity index (χ1v) is 11.7. The van der Waals surface area contributed by atoms with Crippen molar-refractivity contribution in [1.29, 1.82) is 0 Å². The highest BCUT2D eigenvalue weighted by Crippen LogP contribution is 2.40. The second kappa shape index (κ2) is 8.09. The van der Waals surface area contributed by atoms with Gasteiger partial charge in [0, 0.05) is 59.8 Å². The Hall–Kier alpha value is -4.00. The fourth-order valence-electron chi connectivity index (χ4n) is 4.48. The number of anilines is 2. The van der Waals surface area contributed by atoms with Crippen molar-refractivity contribution in [2.24, 2.45) is 7.05 Å². The third-order valence-electron chi connectivity index (χ3n) is 6.56. The highest BCUT2D eigenvalue weighted by molar-refractivity contribution is 5.97. The maximum absolute atomic E-state index is 12.0. The van der Waals surface area contributed by atoms with Crippen LogP contribution in [-0.2, 0) is 13.5 Å². The molecular weight excluding hydrogens is 424 g/mol. The van der Waals surface area contributed by atoms with E-state index in [2.05, 4.69) is 45.6 Å². The summed E-state index contributed by atoms with van der Waals surface area (Å²) in [4.78, 5) is 26.2. The SMILES string of the molecule is Cc1cnc(-c2ccc(-c3cn(C)c(C4CC4)n3)cc2)nc1Nc1ccc2c(c1)CCNC2=O. The van der Waals surface area contributed by atoms with Gasteiger partial charge in [0.25, 0.3) is 5.91 Å². The number of nitrogens with one attached hydrogen (secondary N) is 2. The summed E-state index contributed by atoms with van der Waals surface area (Å²) in [5.74, 6) is 3.22. The molecule has 1 aliphatic carbocycles. The number of rotatable bonds is 5. The highest BCUT2D eigenvalue weighted by atomic mass is 16.1. The molecule has 2 aliphatic rings. The van der Waals surface area contributed by atoms with Crippen LogP contribution in [0.4, 0.5) is 11.5 Å². The van der Waals surface area contributed by atoms with Crippen molar-refractivity contribution in [3.8, 4) is 22.6 Å². The van der Waals surface area contributed by atoms with Crippen LogP contribution in [0.15, 0.2) is 54.9 Å². The number of aryl methyl sites for hydroxylation is 2. The van der Waals surface area contributed by atoms with Crippen molar-refractivity contribution in [1.82, 2.24) is 24.8 Å². The second-order valence-corrected chi connectivity index (χ2v) is 9.17. The molecule has 0 atom stereocenters. The minimum absolute atomic E-state index is 0.00813. The monoisotopic (exact) mass is 450 g/mol. The van der Waals surface area contributed by atoms with E-state index in [-0.39, 0.29) is 5.91 Å². The summed E-state index contributed by atoms with van der Waals surface area (Å²) in [6.07, 6.45) is 7.26. The minimum Gasteiger partial charge on any atom is -0.352 e. The Labute approximate surface area is 198 Å². The fraction of sp³-hybridized carbons (Fsp3) is 0.259. The van der Waals surface area contributed by atoms with E-state index in [0.717, 1.165) is 51.4 Å². The molecule has 0 bridgehead atoms. The smallest absolute Gasteiger partial charge is 0.251 e. The molecular formula is C27H26N6O. The summed E-state index contributed by atoms with van der Waals surface area (Å²) in [7, 11) is 2.07. The fourth-order valence-corrected chi connectivity index (χ4v) is 4.48. The lowest BCUT2D eigenvalue weighted by molar-refractivity contribution is 0.0946. The van der Waals surface area contributed by atoms with Crippen molar-refractivity contribution in [2.45, 2.75) is 32.1 Å².